The lowest BCUT2D eigenvalue weighted by atomic mass is 10.2. The monoisotopic (exact) mass is 352 g/mol. The van der Waals surface area contributed by atoms with E-state index < -0.39 is 24.3 Å². The summed E-state index contributed by atoms with van der Waals surface area (Å²) in [6, 6.07) is 9.07. The normalized spacial score (nSPS) is 13.1. The number of aromatic nitrogens is 1. The molecule has 2 rings (SSSR count). The van der Waals surface area contributed by atoms with Crippen molar-refractivity contribution < 1.29 is 29.6 Å². The summed E-state index contributed by atoms with van der Waals surface area (Å²) < 4.78 is 4.97. The lowest BCUT2D eigenvalue weighted by Crippen LogP contribution is -2.35. The van der Waals surface area contributed by atoms with E-state index in [0.29, 0.717) is 0 Å². The largest absolute Gasteiger partial charge is 0.476 e. The van der Waals surface area contributed by atoms with Gasteiger partial charge in [-0.2, -0.15) is 0 Å². The molecular weight excluding hydrogens is 336 g/mol. The Balaban J connectivity index is 1.77. The van der Waals surface area contributed by atoms with E-state index >= 15 is 0 Å². The lowest BCUT2D eigenvalue weighted by molar-refractivity contribution is 0.0181. The molecule has 1 amide bonds. The van der Waals surface area contributed by atoms with Crippen molar-refractivity contribution >= 4 is 23.4 Å². The van der Waals surface area contributed by atoms with E-state index in [-0.39, 0.29) is 23.9 Å². The van der Waals surface area contributed by atoms with Crippen LogP contribution in [0.3, 0.4) is 0 Å². The fourth-order valence-electron chi connectivity index (χ4n) is 1.76. The van der Waals surface area contributed by atoms with Crippen LogP contribution in [0.5, 0.6) is 0 Å². The Morgan fingerprint density at radius 1 is 1.25 bits per heavy atom. The average Bonchev–Trinajstić information content (AvgIpc) is 3.08. The SMILES string of the molecule is O=C(NCC(O)C(O)c1nc(C(=O)O)cs1)OCc1ccccc1. The topological polar surface area (TPSA) is 129 Å². The predicted octanol–water partition coefficient (Wildman–Crippen LogP) is 1.16. The summed E-state index contributed by atoms with van der Waals surface area (Å²) >= 11 is 0.910. The van der Waals surface area contributed by atoms with Gasteiger partial charge in [0.1, 0.15) is 23.8 Å². The number of nitrogens with zero attached hydrogens (tertiary/aromatic N) is 1. The number of alkyl carbamates (subject to hydrolysis) is 1. The summed E-state index contributed by atoms with van der Waals surface area (Å²) in [5.41, 5.74) is 0.605. The number of hydrogen-bond donors (Lipinski definition) is 4. The molecule has 1 aromatic carbocycles. The average molecular weight is 352 g/mol. The number of nitrogens with one attached hydrogen (secondary N) is 1. The van der Waals surface area contributed by atoms with Crippen LogP contribution < -0.4 is 5.32 Å². The minimum atomic E-state index is -1.41. The van der Waals surface area contributed by atoms with Gasteiger partial charge in [-0.15, -0.1) is 11.3 Å². The third kappa shape index (κ3) is 5.01. The van der Waals surface area contributed by atoms with Gasteiger partial charge in [-0.3, -0.25) is 0 Å². The van der Waals surface area contributed by atoms with Gasteiger partial charge in [0, 0.05) is 11.9 Å². The number of aliphatic hydroxyl groups excluding tert-OH is 2. The summed E-state index contributed by atoms with van der Waals surface area (Å²) in [6.07, 6.45) is -3.49. The van der Waals surface area contributed by atoms with Gasteiger partial charge in [0.15, 0.2) is 5.69 Å². The van der Waals surface area contributed by atoms with Gasteiger partial charge in [0.05, 0.1) is 0 Å². The van der Waals surface area contributed by atoms with Crippen molar-refractivity contribution in [1.82, 2.24) is 10.3 Å². The summed E-state index contributed by atoms with van der Waals surface area (Å²) in [4.78, 5) is 26.0. The highest BCUT2D eigenvalue weighted by Gasteiger charge is 2.23. The Bertz CT molecular complexity index is 690. The number of thiazole rings is 1. The van der Waals surface area contributed by atoms with Crippen LogP contribution in [0.15, 0.2) is 35.7 Å². The van der Waals surface area contributed by atoms with Crippen LogP contribution in [-0.2, 0) is 11.3 Å². The fraction of sp³-hybridized carbons (Fsp3) is 0.267. The van der Waals surface area contributed by atoms with Crippen molar-refractivity contribution in [3.63, 3.8) is 0 Å². The zero-order valence-corrected chi connectivity index (χ0v) is 13.3. The number of amides is 1. The van der Waals surface area contributed by atoms with Crippen molar-refractivity contribution in [2.24, 2.45) is 0 Å². The standard InChI is InChI=1S/C15H16N2O6S/c18-11(12(19)13-17-10(8-24-13)14(20)21)6-16-15(22)23-7-9-4-2-1-3-5-9/h1-5,8,11-12,18-19H,6-7H2,(H,16,22)(H,20,21). The van der Waals surface area contributed by atoms with Crippen LogP contribution in [0.2, 0.25) is 0 Å². The van der Waals surface area contributed by atoms with Crippen molar-refractivity contribution in [3.8, 4) is 0 Å². The van der Waals surface area contributed by atoms with E-state index in [2.05, 4.69) is 10.3 Å². The molecule has 0 aliphatic carbocycles. The van der Waals surface area contributed by atoms with E-state index in [1.54, 1.807) is 12.1 Å². The van der Waals surface area contributed by atoms with Gasteiger partial charge in [-0.05, 0) is 5.56 Å². The lowest BCUT2D eigenvalue weighted by Gasteiger charge is -2.16. The minimum absolute atomic E-state index is 0.0550. The van der Waals surface area contributed by atoms with Crippen LogP contribution in [0.4, 0.5) is 4.79 Å². The number of ether oxygens (including phenoxy) is 1. The molecule has 24 heavy (non-hydrogen) atoms. The quantitative estimate of drug-likeness (QED) is 0.588. The summed E-state index contributed by atoms with van der Waals surface area (Å²) in [7, 11) is 0. The van der Waals surface area contributed by atoms with Crippen LogP contribution in [-0.4, -0.2) is 45.0 Å². The highest BCUT2D eigenvalue weighted by molar-refractivity contribution is 7.09. The van der Waals surface area contributed by atoms with E-state index in [4.69, 9.17) is 9.84 Å². The van der Waals surface area contributed by atoms with Crippen LogP contribution >= 0.6 is 11.3 Å². The second kappa shape index (κ2) is 8.39. The number of carboxylic acid groups (broad SMARTS) is 1. The molecule has 0 aliphatic rings. The zero-order valence-electron chi connectivity index (χ0n) is 12.5. The number of hydrogen-bond acceptors (Lipinski definition) is 7. The summed E-state index contributed by atoms with van der Waals surface area (Å²) in [5, 5.41) is 32.2. The van der Waals surface area contributed by atoms with Crippen molar-refractivity contribution in [2.75, 3.05) is 6.54 Å². The van der Waals surface area contributed by atoms with Gasteiger partial charge < -0.3 is 25.4 Å². The van der Waals surface area contributed by atoms with Gasteiger partial charge in [0.25, 0.3) is 0 Å². The number of carbonyl (C=O) groups is 2. The molecule has 0 bridgehead atoms. The maximum Gasteiger partial charge on any atom is 0.407 e. The number of aliphatic hydroxyl groups is 2. The molecule has 2 atom stereocenters. The van der Waals surface area contributed by atoms with Gasteiger partial charge in [0.2, 0.25) is 0 Å². The summed E-state index contributed by atoms with van der Waals surface area (Å²) in [5.74, 6) is -1.22. The first-order chi connectivity index (χ1) is 11.5. The van der Waals surface area contributed by atoms with Crippen molar-refractivity contribution in [2.45, 2.75) is 18.8 Å². The number of benzene rings is 1. The highest BCUT2D eigenvalue weighted by atomic mass is 32.1. The Hall–Kier alpha value is -2.49. The van der Waals surface area contributed by atoms with Gasteiger partial charge in [-0.1, -0.05) is 30.3 Å². The number of carbonyl (C=O) groups excluding carboxylic acids is 1. The highest BCUT2D eigenvalue weighted by Crippen LogP contribution is 2.21. The van der Waals surface area contributed by atoms with E-state index in [1.165, 1.54) is 5.38 Å². The molecule has 8 nitrogen and oxygen atoms in total. The molecular formula is C15H16N2O6S. The minimum Gasteiger partial charge on any atom is -0.476 e. The number of aromatic carboxylic acids is 1. The number of carboxylic acids is 1. The second-order valence-corrected chi connectivity index (χ2v) is 5.72. The molecule has 9 heteroatoms. The summed E-state index contributed by atoms with van der Waals surface area (Å²) in [6.45, 7) is -0.184. The molecule has 0 saturated heterocycles. The molecule has 0 aliphatic heterocycles. The third-order valence-electron chi connectivity index (χ3n) is 3.03. The van der Waals surface area contributed by atoms with Crippen molar-refractivity contribution in [1.29, 1.82) is 0 Å². The first-order valence-corrected chi connectivity index (χ1v) is 7.84. The molecule has 0 spiro atoms. The Labute approximate surface area is 141 Å². The molecule has 0 radical (unpaired) electrons. The maximum absolute atomic E-state index is 11.6. The third-order valence-corrected chi connectivity index (χ3v) is 3.94. The predicted molar refractivity (Wildman–Crippen MR) is 84.7 cm³/mol. The van der Waals surface area contributed by atoms with E-state index in [0.717, 1.165) is 16.9 Å². The number of rotatable bonds is 7. The molecule has 1 aromatic heterocycles. The van der Waals surface area contributed by atoms with Gasteiger partial charge in [-0.25, -0.2) is 14.6 Å². The van der Waals surface area contributed by atoms with Gasteiger partial charge >= 0.3 is 12.1 Å². The van der Waals surface area contributed by atoms with Crippen molar-refractivity contribution in [3.05, 3.63) is 52.0 Å². The Morgan fingerprint density at radius 2 is 1.96 bits per heavy atom. The molecule has 0 fully saturated rings. The molecule has 2 unspecified atom stereocenters. The van der Waals surface area contributed by atoms with Crippen LogP contribution in [0.1, 0.15) is 27.2 Å². The molecule has 2 aromatic rings. The molecule has 0 saturated carbocycles. The molecule has 1 heterocycles. The molecule has 128 valence electrons. The molecule has 4 N–H and O–H groups in total. The second-order valence-electron chi connectivity index (χ2n) is 4.83. The fourth-order valence-corrected chi connectivity index (χ4v) is 2.59. The first-order valence-electron chi connectivity index (χ1n) is 6.96. The zero-order chi connectivity index (χ0) is 17.5. The Kier molecular flexibility index (Phi) is 6.24. The van der Waals surface area contributed by atoms with E-state index in [1.807, 2.05) is 18.2 Å². The van der Waals surface area contributed by atoms with Crippen LogP contribution in [0, 0.1) is 0 Å². The Morgan fingerprint density at radius 3 is 2.58 bits per heavy atom. The maximum atomic E-state index is 11.6. The van der Waals surface area contributed by atoms with Crippen LogP contribution in [0.25, 0.3) is 0 Å². The smallest absolute Gasteiger partial charge is 0.407 e. The van der Waals surface area contributed by atoms with E-state index in [9.17, 15) is 19.8 Å². The first kappa shape index (κ1) is 17.9.